The number of aliphatic hydroxyl groups excluding tert-OH is 2. The first kappa shape index (κ1) is 21.5. The molecule has 1 saturated carbocycles. The number of hydrogen-bond donors (Lipinski definition) is 3. The van der Waals surface area contributed by atoms with Gasteiger partial charge in [-0.2, -0.15) is 0 Å². The van der Waals surface area contributed by atoms with Crippen molar-refractivity contribution in [3.05, 3.63) is 30.1 Å². The molecule has 1 aromatic carbocycles. The number of halogens is 1. The third kappa shape index (κ3) is 4.94. The number of rotatable bonds is 5. The number of likely N-dealkylation sites (tertiary alicyclic amines) is 1. The molecule has 2 saturated heterocycles. The van der Waals surface area contributed by atoms with Crippen molar-refractivity contribution in [2.45, 2.75) is 62.5 Å². The van der Waals surface area contributed by atoms with Crippen LogP contribution >= 0.6 is 0 Å². The summed E-state index contributed by atoms with van der Waals surface area (Å²) in [5.74, 6) is -0.124. The van der Waals surface area contributed by atoms with Crippen molar-refractivity contribution < 1.29 is 28.9 Å². The van der Waals surface area contributed by atoms with Gasteiger partial charge in [-0.3, -0.25) is 9.69 Å². The first-order chi connectivity index (χ1) is 14.5. The standard InChI is InChI=1S/C22H31FN2O5/c23-15-2-1-3-17(12-15)30-19-13-18(24-22(28)14-6-10-29-11-7-14)20(21(19)27)25-8-4-16(26)5-9-25/h1-3,12,14,16,18-21,26-27H,4-11,13H2,(H,24,28)/t18-,19-,20+,21+/m1/s1. The Hall–Kier alpha value is -1.74. The number of piperidine rings is 1. The molecule has 166 valence electrons. The molecule has 0 bridgehead atoms. The Morgan fingerprint density at radius 2 is 1.90 bits per heavy atom. The van der Waals surface area contributed by atoms with Crippen molar-refractivity contribution in [1.29, 1.82) is 0 Å². The number of aliphatic hydroxyl groups is 2. The van der Waals surface area contributed by atoms with E-state index in [1.165, 1.54) is 12.1 Å². The van der Waals surface area contributed by atoms with Crippen molar-refractivity contribution in [3.63, 3.8) is 0 Å². The summed E-state index contributed by atoms with van der Waals surface area (Å²) >= 11 is 0. The van der Waals surface area contributed by atoms with Crippen LogP contribution in [0.1, 0.15) is 32.1 Å². The Morgan fingerprint density at radius 1 is 1.17 bits per heavy atom. The van der Waals surface area contributed by atoms with Gasteiger partial charge in [0, 0.05) is 44.7 Å². The predicted molar refractivity (Wildman–Crippen MR) is 108 cm³/mol. The Labute approximate surface area is 176 Å². The van der Waals surface area contributed by atoms with Crippen LogP contribution in [0.2, 0.25) is 0 Å². The zero-order chi connectivity index (χ0) is 21.1. The molecule has 3 fully saturated rings. The Balaban J connectivity index is 1.48. The van der Waals surface area contributed by atoms with Crippen LogP contribution < -0.4 is 10.1 Å². The Bertz CT molecular complexity index is 721. The molecule has 3 N–H and O–H groups in total. The number of benzene rings is 1. The molecule has 2 aliphatic heterocycles. The van der Waals surface area contributed by atoms with E-state index < -0.39 is 18.0 Å². The van der Waals surface area contributed by atoms with Gasteiger partial charge in [-0.05, 0) is 37.8 Å². The molecule has 1 aliphatic carbocycles. The lowest BCUT2D eigenvalue weighted by molar-refractivity contribution is -0.129. The Morgan fingerprint density at radius 3 is 2.60 bits per heavy atom. The number of hydrogen-bond acceptors (Lipinski definition) is 6. The van der Waals surface area contributed by atoms with E-state index in [1.54, 1.807) is 12.1 Å². The highest BCUT2D eigenvalue weighted by Crippen LogP contribution is 2.32. The van der Waals surface area contributed by atoms with E-state index in [-0.39, 0.29) is 30.0 Å². The molecule has 7 nitrogen and oxygen atoms in total. The van der Waals surface area contributed by atoms with E-state index in [0.29, 0.717) is 64.2 Å². The molecule has 1 amide bonds. The van der Waals surface area contributed by atoms with Crippen LogP contribution in [0.3, 0.4) is 0 Å². The molecule has 4 rings (SSSR count). The fraction of sp³-hybridized carbons (Fsp3) is 0.682. The normalized spacial score (nSPS) is 31.6. The SMILES string of the molecule is O=C(N[C@@H]1C[C@@H](Oc2cccc(F)c2)[C@H](O)[C@H]1N1CCC(O)CC1)C1CCOCC1. The molecular formula is C22H31FN2O5. The molecular weight excluding hydrogens is 391 g/mol. The van der Waals surface area contributed by atoms with Gasteiger partial charge < -0.3 is 25.0 Å². The van der Waals surface area contributed by atoms with Crippen LogP contribution in [0.5, 0.6) is 5.75 Å². The molecule has 0 aromatic heterocycles. The van der Waals surface area contributed by atoms with Crippen molar-refractivity contribution >= 4 is 5.91 Å². The summed E-state index contributed by atoms with van der Waals surface area (Å²) in [6.07, 6.45) is 1.41. The van der Waals surface area contributed by atoms with Crippen molar-refractivity contribution in [2.75, 3.05) is 26.3 Å². The average molecular weight is 422 g/mol. The van der Waals surface area contributed by atoms with Gasteiger partial charge >= 0.3 is 0 Å². The van der Waals surface area contributed by atoms with Gasteiger partial charge in [-0.25, -0.2) is 4.39 Å². The molecule has 2 heterocycles. The minimum atomic E-state index is -0.830. The van der Waals surface area contributed by atoms with Crippen molar-refractivity contribution in [3.8, 4) is 5.75 Å². The minimum absolute atomic E-state index is 0.0102. The number of carbonyl (C=O) groups is 1. The number of carbonyl (C=O) groups excluding carboxylic acids is 1. The second-order valence-electron chi connectivity index (χ2n) is 8.60. The van der Waals surface area contributed by atoms with E-state index >= 15 is 0 Å². The molecule has 0 unspecified atom stereocenters. The highest BCUT2D eigenvalue weighted by molar-refractivity contribution is 5.79. The van der Waals surface area contributed by atoms with Crippen molar-refractivity contribution in [2.24, 2.45) is 5.92 Å². The summed E-state index contributed by atoms with van der Waals surface area (Å²) in [6.45, 7) is 2.48. The summed E-state index contributed by atoms with van der Waals surface area (Å²) in [6, 6.07) is 5.29. The first-order valence-corrected chi connectivity index (χ1v) is 10.9. The highest BCUT2D eigenvalue weighted by atomic mass is 19.1. The fourth-order valence-electron chi connectivity index (χ4n) is 4.88. The number of nitrogens with one attached hydrogen (secondary N) is 1. The van der Waals surface area contributed by atoms with Crippen LogP contribution in [0, 0.1) is 11.7 Å². The fourth-order valence-corrected chi connectivity index (χ4v) is 4.88. The minimum Gasteiger partial charge on any atom is -0.487 e. The van der Waals surface area contributed by atoms with Crippen LogP contribution in [-0.4, -0.2) is 77.7 Å². The third-order valence-corrected chi connectivity index (χ3v) is 6.55. The van der Waals surface area contributed by atoms with E-state index in [4.69, 9.17) is 9.47 Å². The van der Waals surface area contributed by atoms with Crippen molar-refractivity contribution in [1.82, 2.24) is 10.2 Å². The quantitative estimate of drug-likeness (QED) is 0.658. The molecule has 8 heteroatoms. The van der Waals surface area contributed by atoms with E-state index in [9.17, 15) is 19.4 Å². The van der Waals surface area contributed by atoms with Gasteiger partial charge in [0.25, 0.3) is 0 Å². The maximum Gasteiger partial charge on any atom is 0.223 e. The van der Waals surface area contributed by atoms with Gasteiger partial charge in [0.15, 0.2) is 0 Å². The number of ether oxygens (including phenoxy) is 2. The summed E-state index contributed by atoms with van der Waals surface area (Å²) in [4.78, 5) is 15.0. The second-order valence-corrected chi connectivity index (χ2v) is 8.60. The average Bonchev–Trinajstić information content (AvgIpc) is 3.04. The summed E-state index contributed by atoms with van der Waals surface area (Å²) in [5, 5.41) is 24.1. The van der Waals surface area contributed by atoms with Gasteiger partial charge in [-0.15, -0.1) is 0 Å². The smallest absolute Gasteiger partial charge is 0.223 e. The van der Waals surface area contributed by atoms with Gasteiger partial charge in [-0.1, -0.05) is 6.07 Å². The monoisotopic (exact) mass is 422 g/mol. The first-order valence-electron chi connectivity index (χ1n) is 10.9. The summed E-state index contributed by atoms with van der Waals surface area (Å²) < 4.78 is 24.8. The van der Waals surface area contributed by atoms with Gasteiger partial charge in [0.05, 0.1) is 18.2 Å². The van der Waals surface area contributed by atoms with E-state index in [2.05, 4.69) is 10.2 Å². The van der Waals surface area contributed by atoms with Gasteiger partial charge in [0.2, 0.25) is 5.91 Å². The lowest BCUT2D eigenvalue weighted by Gasteiger charge is -2.39. The predicted octanol–water partition coefficient (Wildman–Crippen LogP) is 1.07. The van der Waals surface area contributed by atoms with E-state index in [0.717, 1.165) is 0 Å². The second kappa shape index (κ2) is 9.60. The number of amides is 1. The lowest BCUT2D eigenvalue weighted by Crippen LogP contribution is -2.56. The molecule has 30 heavy (non-hydrogen) atoms. The van der Waals surface area contributed by atoms with Crippen LogP contribution in [0.15, 0.2) is 24.3 Å². The molecule has 4 atom stereocenters. The van der Waals surface area contributed by atoms with Crippen LogP contribution in [-0.2, 0) is 9.53 Å². The molecule has 0 spiro atoms. The third-order valence-electron chi connectivity index (χ3n) is 6.55. The Kier molecular flexibility index (Phi) is 6.87. The zero-order valence-corrected chi connectivity index (χ0v) is 17.1. The maximum atomic E-state index is 13.6. The van der Waals surface area contributed by atoms with E-state index in [1.807, 2.05) is 0 Å². The topological polar surface area (TPSA) is 91.3 Å². The van der Waals surface area contributed by atoms with Crippen LogP contribution in [0.4, 0.5) is 4.39 Å². The lowest BCUT2D eigenvalue weighted by atomic mass is 9.97. The zero-order valence-electron chi connectivity index (χ0n) is 17.1. The summed E-state index contributed by atoms with van der Waals surface area (Å²) in [5.41, 5.74) is 0. The molecule has 1 aromatic rings. The van der Waals surface area contributed by atoms with Gasteiger partial charge in [0.1, 0.15) is 23.8 Å². The highest BCUT2D eigenvalue weighted by Gasteiger charge is 2.48. The van der Waals surface area contributed by atoms with Crippen LogP contribution in [0.25, 0.3) is 0 Å². The maximum absolute atomic E-state index is 13.6. The number of nitrogens with zero attached hydrogens (tertiary/aromatic N) is 1. The largest absolute Gasteiger partial charge is 0.487 e. The summed E-state index contributed by atoms with van der Waals surface area (Å²) in [7, 11) is 0. The molecule has 0 radical (unpaired) electrons. The molecule has 3 aliphatic rings.